The molecule has 0 aliphatic carbocycles. The van der Waals surface area contributed by atoms with Crippen molar-refractivity contribution >= 4 is 33.3 Å². The monoisotopic (exact) mass is 408 g/mol. The Hall–Kier alpha value is -3.17. The second-order valence-corrected chi connectivity index (χ2v) is 6.49. The smallest absolute Gasteiger partial charge is 0.269 e. The quantitative estimate of drug-likeness (QED) is 0.301. The third-order valence-electron chi connectivity index (χ3n) is 3.88. The van der Waals surface area contributed by atoms with Gasteiger partial charge in [-0.15, -0.1) is 0 Å². The van der Waals surface area contributed by atoms with Crippen LogP contribution in [0.3, 0.4) is 0 Å². The number of hydrogen-bond acceptors (Lipinski definition) is 4. The maximum absolute atomic E-state index is 10.7. The molecule has 2 aromatic carbocycles. The summed E-state index contributed by atoms with van der Waals surface area (Å²) in [6.45, 7) is 2.01. The van der Waals surface area contributed by atoms with Gasteiger partial charge < -0.3 is 4.42 Å². The van der Waals surface area contributed by atoms with Gasteiger partial charge in [0.25, 0.3) is 5.69 Å². The first-order valence-electron chi connectivity index (χ1n) is 7.71. The summed E-state index contributed by atoms with van der Waals surface area (Å²) in [5.41, 5.74) is 3.00. The van der Waals surface area contributed by atoms with Crippen molar-refractivity contribution in [3.05, 3.63) is 86.1 Å². The van der Waals surface area contributed by atoms with E-state index in [-0.39, 0.29) is 5.69 Å². The molecular formula is C20H13BrN2O3. The molecular weight excluding hydrogens is 396 g/mol. The second-order valence-electron chi connectivity index (χ2n) is 5.64. The molecule has 26 heavy (non-hydrogen) atoms. The van der Waals surface area contributed by atoms with Gasteiger partial charge in [-0.1, -0.05) is 28.1 Å². The summed E-state index contributed by atoms with van der Waals surface area (Å²) in [4.78, 5) is 10.3. The number of nitro groups is 1. The molecule has 0 fully saturated rings. The molecule has 0 saturated carbocycles. The SMILES string of the molecule is Cc1ccc(-c2ccc(C=C(C#N)c3ccc([N+](=O)[O-])cc3)o2)cc1Br. The van der Waals surface area contributed by atoms with E-state index in [2.05, 4.69) is 22.0 Å². The minimum atomic E-state index is -0.474. The molecule has 0 saturated heterocycles. The van der Waals surface area contributed by atoms with Crippen molar-refractivity contribution in [2.45, 2.75) is 6.92 Å². The minimum Gasteiger partial charge on any atom is -0.457 e. The first-order chi connectivity index (χ1) is 12.5. The third kappa shape index (κ3) is 3.73. The number of allylic oxidation sites excluding steroid dienone is 1. The Morgan fingerprint density at radius 1 is 1.19 bits per heavy atom. The number of hydrogen-bond donors (Lipinski definition) is 0. The van der Waals surface area contributed by atoms with Gasteiger partial charge in [-0.25, -0.2) is 0 Å². The van der Waals surface area contributed by atoms with Crippen molar-refractivity contribution < 1.29 is 9.34 Å². The van der Waals surface area contributed by atoms with Crippen LogP contribution in [-0.4, -0.2) is 4.92 Å². The fourth-order valence-electron chi connectivity index (χ4n) is 2.42. The average Bonchev–Trinajstić information content (AvgIpc) is 3.10. The number of non-ortho nitro benzene ring substituents is 1. The Balaban J connectivity index is 1.91. The van der Waals surface area contributed by atoms with Gasteiger partial charge in [-0.3, -0.25) is 10.1 Å². The van der Waals surface area contributed by atoms with Crippen LogP contribution in [0.2, 0.25) is 0 Å². The van der Waals surface area contributed by atoms with Crippen molar-refractivity contribution in [2.75, 3.05) is 0 Å². The van der Waals surface area contributed by atoms with Crippen molar-refractivity contribution in [1.82, 2.24) is 0 Å². The Labute approximate surface area is 158 Å². The zero-order valence-corrected chi connectivity index (χ0v) is 15.4. The minimum absolute atomic E-state index is 0.0173. The molecule has 0 aliphatic heterocycles. The summed E-state index contributed by atoms with van der Waals surface area (Å²) in [5, 5.41) is 20.1. The lowest BCUT2D eigenvalue weighted by molar-refractivity contribution is -0.384. The van der Waals surface area contributed by atoms with Crippen molar-refractivity contribution in [2.24, 2.45) is 0 Å². The van der Waals surface area contributed by atoms with E-state index in [1.165, 1.54) is 12.1 Å². The standard InChI is InChI=1S/C20H13BrN2O3/c1-13-2-3-15(11-19(13)21)20-9-8-18(26-20)10-16(12-22)14-4-6-17(7-5-14)23(24)25/h2-11H,1H3. The van der Waals surface area contributed by atoms with Crippen LogP contribution in [0.4, 0.5) is 5.69 Å². The van der Waals surface area contributed by atoms with Crippen molar-refractivity contribution in [1.29, 1.82) is 5.26 Å². The Kier molecular flexibility index (Phi) is 5.01. The fraction of sp³-hybridized carbons (Fsp3) is 0.0500. The summed E-state index contributed by atoms with van der Waals surface area (Å²) in [6.07, 6.45) is 1.62. The van der Waals surface area contributed by atoms with E-state index in [0.29, 0.717) is 22.7 Å². The van der Waals surface area contributed by atoms with Gasteiger partial charge in [0.1, 0.15) is 11.5 Å². The highest BCUT2D eigenvalue weighted by molar-refractivity contribution is 9.10. The first kappa shape index (κ1) is 17.6. The molecule has 6 heteroatoms. The van der Waals surface area contributed by atoms with E-state index in [9.17, 15) is 15.4 Å². The lowest BCUT2D eigenvalue weighted by Gasteiger charge is -2.01. The molecule has 128 valence electrons. The van der Waals surface area contributed by atoms with E-state index in [1.54, 1.807) is 24.3 Å². The van der Waals surface area contributed by atoms with Gasteiger partial charge in [0, 0.05) is 22.2 Å². The summed E-state index contributed by atoms with van der Waals surface area (Å²) in [5.74, 6) is 1.23. The maximum atomic E-state index is 10.7. The fourth-order valence-corrected chi connectivity index (χ4v) is 2.80. The van der Waals surface area contributed by atoms with E-state index < -0.39 is 4.92 Å². The lowest BCUT2D eigenvalue weighted by atomic mass is 10.1. The van der Waals surface area contributed by atoms with E-state index >= 15 is 0 Å². The largest absolute Gasteiger partial charge is 0.457 e. The summed E-state index contributed by atoms with van der Waals surface area (Å²) in [7, 11) is 0. The molecule has 0 bridgehead atoms. The normalized spacial score (nSPS) is 11.2. The first-order valence-corrected chi connectivity index (χ1v) is 8.50. The molecule has 1 aromatic heterocycles. The van der Waals surface area contributed by atoms with Crippen molar-refractivity contribution in [3.8, 4) is 17.4 Å². The summed E-state index contributed by atoms with van der Waals surface area (Å²) in [6, 6.07) is 17.5. The lowest BCUT2D eigenvalue weighted by Crippen LogP contribution is -1.88. The summed E-state index contributed by atoms with van der Waals surface area (Å²) >= 11 is 3.50. The van der Waals surface area contributed by atoms with Gasteiger partial charge in [0.15, 0.2) is 0 Å². The number of aryl methyl sites for hydroxylation is 1. The number of furan rings is 1. The van der Waals surface area contributed by atoms with Crippen LogP contribution in [0.15, 0.2) is 63.5 Å². The van der Waals surface area contributed by atoms with Gasteiger partial charge in [-0.05, 0) is 54.5 Å². The topological polar surface area (TPSA) is 80.1 Å². The zero-order chi connectivity index (χ0) is 18.7. The van der Waals surface area contributed by atoms with Crippen molar-refractivity contribution in [3.63, 3.8) is 0 Å². The number of benzene rings is 2. The van der Waals surface area contributed by atoms with Crippen LogP contribution >= 0.6 is 15.9 Å². The number of nitriles is 1. The third-order valence-corrected chi connectivity index (χ3v) is 4.73. The van der Waals surface area contributed by atoms with Crippen LogP contribution in [0.5, 0.6) is 0 Å². The molecule has 0 unspecified atom stereocenters. The van der Waals surface area contributed by atoms with E-state index in [0.717, 1.165) is 15.6 Å². The molecule has 0 aliphatic rings. The molecule has 3 rings (SSSR count). The Bertz CT molecular complexity index is 1040. The molecule has 0 N–H and O–H groups in total. The number of nitrogens with zero attached hydrogens (tertiary/aromatic N) is 2. The molecule has 0 atom stereocenters. The van der Waals surface area contributed by atoms with Crippen LogP contribution in [0, 0.1) is 28.4 Å². The molecule has 0 amide bonds. The van der Waals surface area contributed by atoms with Crippen LogP contribution in [0.25, 0.3) is 23.0 Å². The maximum Gasteiger partial charge on any atom is 0.269 e. The number of rotatable bonds is 4. The second kappa shape index (κ2) is 7.38. The molecule has 3 aromatic rings. The number of nitro benzene ring substituents is 1. The van der Waals surface area contributed by atoms with Crippen LogP contribution in [-0.2, 0) is 0 Å². The molecule has 0 spiro atoms. The van der Waals surface area contributed by atoms with Crippen LogP contribution < -0.4 is 0 Å². The van der Waals surface area contributed by atoms with Crippen LogP contribution in [0.1, 0.15) is 16.9 Å². The summed E-state index contributed by atoms with van der Waals surface area (Å²) < 4.78 is 6.82. The molecule has 5 nitrogen and oxygen atoms in total. The van der Waals surface area contributed by atoms with E-state index in [4.69, 9.17) is 4.42 Å². The van der Waals surface area contributed by atoms with Gasteiger partial charge in [0.2, 0.25) is 0 Å². The highest BCUT2D eigenvalue weighted by Gasteiger charge is 2.09. The molecule has 0 radical (unpaired) electrons. The average molecular weight is 409 g/mol. The predicted molar refractivity (Wildman–Crippen MR) is 103 cm³/mol. The Morgan fingerprint density at radius 2 is 1.92 bits per heavy atom. The van der Waals surface area contributed by atoms with Gasteiger partial charge in [-0.2, -0.15) is 5.26 Å². The molecule has 1 heterocycles. The zero-order valence-electron chi connectivity index (χ0n) is 13.8. The highest BCUT2D eigenvalue weighted by atomic mass is 79.9. The van der Waals surface area contributed by atoms with Gasteiger partial charge in [0.05, 0.1) is 16.6 Å². The predicted octanol–water partition coefficient (Wildman–Crippen LogP) is 5.99. The highest BCUT2D eigenvalue weighted by Crippen LogP contribution is 2.29. The Morgan fingerprint density at radius 3 is 2.54 bits per heavy atom. The van der Waals surface area contributed by atoms with Gasteiger partial charge >= 0.3 is 0 Å². The van der Waals surface area contributed by atoms with E-state index in [1.807, 2.05) is 31.2 Å². The number of halogens is 1.